The van der Waals surface area contributed by atoms with Crippen molar-refractivity contribution in [1.29, 1.82) is 0 Å². The highest BCUT2D eigenvalue weighted by atomic mass is 16.5. The maximum atomic E-state index is 13.4. The average Bonchev–Trinajstić information content (AvgIpc) is 2.91. The fourth-order valence-corrected chi connectivity index (χ4v) is 4.57. The molecule has 2 saturated heterocycles. The summed E-state index contributed by atoms with van der Waals surface area (Å²) in [5, 5.41) is 3.40. The molecule has 0 aromatic heterocycles. The Morgan fingerprint density at radius 1 is 1.25 bits per heavy atom. The molecule has 1 N–H and O–H groups in total. The van der Waals surface area contributed by atoms with Crippen LogP contribution in [0.15, 0.2) is 30.3 Å². The lowest BCUT2D eigenvalue weighted by molar-refractivity contribution is -0.141. The molecule has 3 rings (SSSR count). The smallest absolute Gasteiger partial charge is 0.325 e. The van der Waals surface area contributed by atoms with E-state index < -0.39 is 5.54 Å². The molecule has 28 heavy (non-hydrogen) atoms. The number of para-hydroxylation sites is 1. The Bertz CT molecular complexity index is 675. The molecule has 1 aromatic carbocycles. The number of rotatable bonds is 7. The van der Waals surface area contributed by atoms with Gasteiger partial charge in [0, 0.05) is 18.7 Å². The maximum Gasteiger partial charge on any atom is 0.325 e. The number of anilines is 1. The van der Waals surface area contributed by atoms with Gasteiger partial charge in [-0.25, -0.2) is 4.79 Å². The van der Waals surface area contributed by atoms with Crippen LogP contribution >= 0.6 is 0 Å². The van der Waals surface area contributed by atoms with E-state index in [1.165, 1.54) is 20.0 Å². The van der Waals surface area contributed by atoms with E-state index >= 15 is 0 Å². The molecule has 2 aliphatic heterocycles. The lowest BCUT2D eigenvalue weighted by Crippen LogP contribution is -2.49. The number of nitrogens with one attached hydrogen (secondary N) is 1. The van der Waals surface area contributed by atoms with Gasteiger partial charge in [-0.15, -0.1) is 0 Å². The number of methoxy groups -OCH3 is 1. The zero-order chi connectivity index (χ0) is 20.1. The lowest BCUT2D eigenvalue weighted by Gasteiger charge is -2.38. The molecular weight excluding hydrogens is 354 g/mol. The van der Waals surface area contributed by atoms with Gasteiger partial charge in [0.1, 0.15) is 0 Å². The number of hydrogen-bond donors (Lipinski definition) is 1. The predicted molar refractivity (Wildman–Crippen MR) is 110 cm³/mol. The largest absolute Gasteiger partial charge is 0.469 e. The first-order valence-corrected chi connectivity index (χ1v) is 10.4. The summed E-state index contributed by atoms with van der Waals surface area (Å²) < 4.78 is 4.86. The molecule has 6 heteroatoms. The Hall–Kier alpha value is -2.08. The molecule has 2 fully saturated rings. The van der Waals surface area contributed by atoms with Crippen molar-refractivity contribution >= 4 is 17.7 Å². The number of carbonyl (C=O) groups is 2. The van der Waals surface area contributed by atoms with Gasteiger partial charge in [0.25, 0.3) is 0 Å². The summed E-state index contributed by atoms with van der Waals surface area (Å²) in [4.78, 5) is 29.2. The first kappa shape index (κ1) is 20.6. The van der Waals surface area contributed by atoms with Gasteiger partial charge in [-0.05, 0) is 70.7 Å². The minimum atomic E-state index is -0.409. The van der Waals surface area contributed by atoms with Crippen LogP contribution in [0.4, 0.5) is 10.5 Å². The fraction of sp³-hybridized carbons (Fsp3) is 0.636. The van der Waals surface area contributed by atoms with Crippen molar-refractivity contribution in [3.63, 3.8) is 0 Å². The predicted octanol–water partition coefficient (Wildman–Crippen LogP) is 3.42. The number of urea groups is 1. The maximum absolute atomic E-state index is 13.4. The molecule has 0 radical (unpaired) electrons. The SMILES string of the molecule is COC(=O)CCC1(C)C(C)N(c2ccccc2)C(=O)N1CCC1CCNCC1. The van der Waals surface area contributed by atoms with E-state index in [4.69, 9.17) is 4.74 Å². The highest BCUT2D eigenvalue weighted by Crippen LogP contribution is 2.40. The van der Waals surface area contributed by atoms with Crippen LogP contribution in [0.1, 0.15) is 46.0 Å². The zero-order valence-electron chi connectivity index (χ0n) is 17.3. The third kappa shape index (κ3) is 4.17. The molecule has 0 bridgehead atoms. The van der Waals surface area contributed by atoms with Crippen LogP contribution in [0.2, 0.25) is 0 Å². The second kappa shape index (κ2) is 8.95. The number of hydrogen-bond acceptors (Lipinski definition) is 4. The van der Waals surface area contributed by atoms with Gasteiger partial charge in [0.2, 0.25) is 0 Å². The van der Waals surface area contributed by atoms with Gasteiger partial charge in [0.05, 0.1) is 18.7 Å². The van der Waals surface area contributed by atoms with Crippen molar-refractivity contribution in [1.82, 2.24) is 10.2 Å². The third-order valence-electron chi connectivity index (χ3n) is 6.66. The molecule has 2 aliphatic rings. The molecule has 0 aliphatic carbocycles. The van der Waals surface area contributed by atoms with Crippen LogP contribution in [0.3, 0.4) is 0 Å². The van der Waals surface area contributed by atoms with Gasteiger partial charge in [-0.2, -0.15) is 0 Å². The molecular formula is C22H33N3O3. The van der Waals surface area contributed by atoms with Crippen molar-refractivity contribution in [3.8, 4) is 0 Å². The second-order valence-corrected chi connectivity index (χ2v) is 8.23. The normalized spacial score (nSPS) is 26.0. The number of amides is 2. The molecule has 1 aromatic rings. The molecule has 2 heterocycles. The summed E-state index contributed by atoms with van der Waals surface area (Å²) >= 11 is 0. The zero-order valence-corrected chi connectivity index (χ0v) is 17.3. The van der Waals surface area contributed by atoms with E-state index in [1.54, 1.807) is 0 Å². The van der Waals surface area contributed by atoms with E-state index in [2.05, 4.69) is 19.2 Å². The summed E-state index contributed by atoms with van der Waals surface area (Å²) in [6.07, 6.45) is 4.26. The standard InChI is InChI=1S/C22H33N3O3/c1-17-22(2,13-9-20(26)28-3)24(16-12-18-10-14-23-15-11-18)21(27)25(17)19-7-5-4-6-8-19/h4-8,17-18,23H,9-16H2,1-3H3. The molecule has 6 nitrogen and oxygen atoms in total. The number of esters is 1. The number of carbonyl (C=O) groups excluding carboxylic acids is 2. The monoisotopic (exact) mass is 387 g/mol. The Morgan fingerprint density at radius 3 is 2.57 bits per heavy atom. The van der Waals surface area contributed by atoms with Gasteiger partial charge < -0.3 is 15.0 Å². The number of nitrogens with zero attached hydrogens (tertiary/aromatic N) is 2. The summed E-state index contributed by atoms with van der Waals surface area (Å²) in [6, 6.07) is 9.84. The van der Waals surface area contributed by atoms with Crippen molar-refractivity contribution in [2.75, 3.05) is 31.6 Å². The third-order valence-corrected chi connectivity index (χ3v) is 6.66. The number of benzene rings is 1. The van der Waals surface area contributed by atoms with Crippen molar-refractivity contribution in [2.45, 2.75) is 57.5 Å². The van der Waals surface area contributed by atoms with E-state index in [0.29, 0.717) is 18.8 Å². The summed E-state index contributed by atoms with van der Waals surface area (Å²) in [7, 11) is 1.42. The minimum Gasteiger partial charge on any atom is -0.469 e. The molecule has 154 valence electrons. The van der Waals surface area contributed by atoms with Crippen molar-refractivity contribution in [3.05, 3.63) is 30.3 Å². The van der Waals surface area contributed by atoms with Crippen LogP contribution in [0.5, 0.6) is 0 Å². The summed E-state index contributed by atoms with van der Waals surface area (Å²) in [6.45, 7) is 7.06. The minimum absolute atomic E-state index is 0.0277. The molecule has 2 atom stereocenters. The highest BCUT2D eigenvalue weighted by molar-refractivity contribution is 5.96. The molecule has 0 spiro atoms. The first-order valence-electron chi connectivity index (χ1n) is 10.4. The lowest BCUT2D eigenvalue weighted by atomic mass is 9.86. The van der Waals surface area contributed by atoms with Crippen LogP contribution in [0.25, 0.3) is 0 Å². The van der Waals surface area contributed by atoms with Crippen LogP contribution in [-0.2, 0) is 9.53 Å². The van der Waals surface area contributed by atoms with Gasteiger partial charge in [0.15, 0.2) is 0 Å². The molecule has 2 amide bonds. The Morgan fingerprint density at radius 2 is 1.93 bits per heavy atom. The van der Waals surface area contributed by atoms with Crippen molar-refractivity contribution in [2.24, 2.45) is 5.92 Å². The van der Waals surface area contributed by atoms with Crippen LogP contribution in [0, 0.1) is 5.92 Å². The van der Waals surface area contributed by atoms with Crippen LogP contribution in [-0.4, -0.2) is 55.2 Å². The van der Waals surface area contributed by atoms with E-state index in [-0.39, 0.29) is 18.0 Å². The fourth-order valence-electron chi connectivity index (χ4n) is 4.57. The average molecular weight is 388 g/mol. The van der Waals surface area contributed by atoms with Gasteiger partial charge in [-0.1, -0.05) is 18.2 Å². The molecule has 2 unspecified atom stereocenters. The second-order valence-electron chi connectivity index (χ2n) is 8.23. The number of piperidine rings is 1. The highest BCUT2D eigenvalue weighted by Gasteiger charge is 2.52. The van der Waals surface area contributed by atoms with Crippen LogP contribution < -0.4 is 10.2 Å². The summed E-state index contributed by atoms with van der Waals surface area (Å²) in [5.41, 5.74) is 0.502. The Kier molecular flexibility index (Phi) is 6.60. The first-order chi connectivity index (χ1) is 13.5. The van der Waals surface area contributed by atoms with E-state index in [1.807, 2.05) is 40.1 Å². The topological polar surface area (TPSA) is 61.9 Å². The number of ether oxygens (including phenoxy) is 1. The molecule has 0 saturated carbocycles. The van der Waals surface area contributed by atoms with Crippen molar-refractivity contribution < 1.29 is 14.3 Å². The Balaban J connectivity index is 1.81. The Labute approximate surface area is 168 Å². The summed E-state index contributed by atoms with van der Waals surface area (Å²) in [5.74, 6) is 0.428. The van der Waals surface area contributed by atoms with E-state index in [9.17, 15) is 9.59 Å². The van der Waals surface area contributed by atoms with Gasteiger partial charge >= 0.3 is 12.0 Å². The van der Waals surface area contributed by atoms with E-state index in [0.717, 1.165) is 31.7 Å². The quantitative estimate of drug-likeness (QED) is 0.728. The van der Waals surface area contributed by atoms with Gasteiger partial charge in [-0.3, -0.25) is 9.69 Å².